The van der Waals surface area contributed by atoms with Crippen LogP contribution in [-0.4, -0.2) is 25.5 Å². The fourth-order valence-corrected chi connectivity index (χ4v) is 2.35. The molecule has 0 aliphatic heterocycles. The molecule has 0 atom stereocenters. The van der Waals surface area contributed by atoms with Gasteiger partial charge in [0.1, 0.15) is 0 Å². The highest BCUT2D eigenvalue weighted by Crippen LogP contribution is 2.22. The second-order valence-electron chi connectivity index (χ2n) is 3.09. The van der Waals surface area contributed by atoms with Crippen LogP contribution in [0.2, 0.25) is 0 Å². The quantitative estimate of drug-likeness (QED) is 0.669. The zero-order chi connectivity index (χ0) is 12.7. The van der Waals surface area contributed by atoms with E-state index in [2.05, 4.69) is 26.0 Å². The molecule has 0 aromatic carbocycles. The van der Waals surface area contributed by atoms with Gasteiger partial charge in [-0.15, -0.1) is 11.3 Å². The molecule has 1 N–H and O–H groups in total. The molecule has 0 unspecified atom stereocenters. The molecule has 0 fully saturated rings. The van der Waals surface area contributed by atoms with Crippen LogP contribution in [0.1, 0.15) is 11.3 Å². The molecular weight excluding hydrogens is 306 g/mol. The Balaban J connectivity index is 2.30. The van der Waals surface area contributed by atoms with Crippen LogP contribution in [0.3, 0.4) is 0 Å². The molecule has 0 aliphatic carbocycles. The molecule has 0 saturated heterocycles. The van der Waals surface area contributed by atoms with Crippen molar-refractivity contribution >= 4 is 45.2 Å². The number of esters is 1. The summed E-state index contributed by atoms with van der Waals surface area (Å²) in [5.41, 5.74) is 0. The van der Waals surface area contributed by atoms with Crippen molar-refractivity contribution < 1.29 is 14.3 Å². The van der Waals surface area contributed by atoms with Gasteiger partial charge in [0.2, 0.25) is 5.91 Å². The standard InChI is InChI=1S/C11H12BrNO3S/c1-16-11(15)6-7-13-10(14)5-3-8-2-4-9(12)17-8/h2-5H,6-7H2,1H3,(H,13,14)/b5-3+. The van der Waals surface area contributed by atoms with Crippen LogP contribution in [-0.2, 0) is 14.3 Å². The Labute approximate surface area is 112 Å². The van der Waals surface area contributed by atoms with Crippen LogP contribution in [0.4, 0.5) is 0 Å². The number of thiophene rings is 1. The minimum Gasteiger partial charge on any atom is -0.469 e. The Morgan fingerprint density at radius 1 is 1.53 bits per heavy atom. The van der Waals surface area contributed by atoms with Crippen molar-refractivity contribution in [3.63, 3.8) is 0 Å². The summed E-state index contributed by atoms with van der Waals surface area (Å²) >= 11 is 4.88. The number of rotatable bonds is 5. The molecule has 92 valence electrons. The fraction of sp³-hybridized carbons (Fsp3) is 0.273. The lowest BCUT2D eigenvalue weighted by molar-refractivity contribution is -0.140. The second-order valence-corrected chi connectivity index (χ2v) is 5.59. The topological polar surface area (TPSA) is 55.4 Å². The van der Waals surface area contributed by atoms with E-state index in [0.29, 0.717) is 0 Å². The van der Waals surface area contributed by atoms with Crippen molar-refractivity contribution in [3.05, 3.63) is 26.9 Å². The van der Waals surface area contributed by atoms with Crippen LogP contribution >= 0.6 is 27.3 Å². The van der Waals surface area contributed by atoms with Gasteiger partial charge in [-0.3, -0.25) is 9.59 Å². The molecule has 17 heavy (non-hydrogen) atoms. The lowest BCUT2D eigenvalue weighted by Crippen LogP contribution is -2.24. The summed E-state index contributed by atoms with van der Waals surface area (Å²) in [4.78, 5) is 23.1. The van der Waals surface area contributed by atoms with Crippen molar-refractivity contribution in [1.82, 2.24) is 5.32 Å². The number of halogens is 1. The highest BCUT2D eigenvalue weighted by molar-refractivity contribution is 9.11. The molecule has 1 heterocycles. The van der Waals surface area contributed by atoms with Gasteiger partial charge < -0.3 is 10.1 Å². The molecule has 0 radical (unpaired) electrons. The Morgan fingerprint density at radius 2 is 2.29 bits per heavy atom. The maximum Gasteiger partial charge on any atom is 0.307 e. The fourth-order valence-electron chi connectivity index (χ4n) is 1.02. The molecule has 1 rings (SSSR count). The first-order valence-electron chi connectivity index (χ1n) is 4.90. The minimum atomic E-state index is -0.337. The van der Waals surface area contributed by atoms with Crippen molar-refractivity contribution in [2.45, 2.75) is 6.42 Å². The van der Waals surface area contributed by atoms with Crippen LogP contribution in [0.5, 0.6) is 0 Å². The molecule has 1 aromatic heterocycles. The Bertz CT molecular complexity index is 428. The molecule has 6 heteroatoms. The summed E-state index contributed by atoms with van der Waals surface area (Å²) in [7, 11) is 1.32. The van der Waals surface area contributed by atoms with Crippen LogP contribution < -0.4 is 5.32 Å². The molecule has 0 bridgehead atoms. The van der Waals surface area contributed by atoms with Gasteiger partial charge in [0.25, 0.3) is 0 Å². The van der Waals surface area contributed by atoms with E-state index in [9.17, 15) is 9.59 Å². The summed E-state index contributed by atoms with van der Waals surface area (Å²) in [5, 5.41) is 2.59. The Kier molecular flexibility index (Phi) is 5.93. The summed E-state index contributed by atoms with van der Waals surface area (Å²) in [6.07, 6.45) is 3.35. The van der Waals surface area contributed by atoms with E-state index in [1.807, 2.05) is 12.1 Å². The number of methoxy groups -OCH3 is 1. The number of amides is 1. The number of ether oxygens (including phenoxy) is 1. The van der Waals surface area contributed by atoms with Gasteiger partial charge in [-0.1, -0.05) is 0 Å². The van der Waals surface area contributed by atoms with E-state index in [1.54, 1.807) is 6.08 Å². The predicted octanol–water partition coefficient (Wildman–Crippen LogP) is 2.20. The van der Waals surface area contributed by atoms with Gasteiger partial charge in [0.05, 0.1) is 17.3 Å². The molecule has 1 amide bonds. The molecule has 0 aliphatic rings. The zero-order valence-electron chi connectivity index (χ0n) is 9.23. The van der Waals surface area contributed by atoms with Crippen molar-refractivity contribution in [2.24, 2.45) is 0 Å². The summed E-state index contributed by atoms with van der Waals surface area (Å²) < 4.78 is 5.47. The van der Waals surface area contributed by atoms with Crippen molar-refractivity contribution in [3.8, 4) is 0 Å². The highest BCUT2D eigenvalue weighted by Gasteiger charge is 2.01. The highest BCUT2D eigenvalue weighted by atomic mass is 79.9. The molecule has 0 saturated carbocycles. The van der Waals surface area contributed by atoms with Gasteiger partial charge in [-0.25, -0.2) is 0 Å². The first-order chi connectivity index (χ1) is 8.11. The number of carbonyl (C=O) groups excluding carboxylic acids is 2. The van der Waals surface area contributed by atoms with E-state index in [-0.39, 0.29) is 24.8 Å². The van der Waals surface area contributed by atoms with E-state index >= 15 is 0 Å². The summed E-state index contributed by atoms with van der Waals surface area (Å²) in [6.45, 7) is 0.282. The number of carbonyl (C=O) groups is 2. The summed E-state index contributed by atoms with van der Waals surface area (Å²) in [6, 6.07) is 3.83. The first-order valence-corrected chi connectivity index (χ1v) is 6.51. The van der Waals surface area contributed by atoms with E-state index in [4.69, 9.17) is 0 Å². The monoisotopic (exact) mass is 317 g/mol. The van der Waals surface area contributed by atoms with E-state index < -0.39 is 0 Å². The number of hydrogen-bond acceptors (Lipinski definition) is 4. The lowest BCUT2D eigenvalue weighted by Gasteiger charge is -2.00. The average molecular weight is 318 g/mol. The molecule has 1 aromatic rings. The van der Waals surface area contributed by atoms with Crippen molar-refractivity contribution in [2.75, 3.05) is 13.7 Å². The predicted molar refractivity (Wildman–Crippen MR) is 70.7 cm³/mol. The Hall–Kier alpha value is -1.14. The largest absolute Gasteiger partial charge is 0.469 e. The molecular formula is C11H12BrNO3S. The third kappa shape index (κ3) is 5.65. The second kappa shape index (κ2) is 7.24. The molecule has 0 spiro atoms. The normalized spacial score (nSPS) is 10.5. The SMILES string of the molecule is COC(=O)CCNC(=O)/C=C/c1ccc(Br)s1. The lowest BCUT2D eigenvalue weighted by atomic mass is 10.4. The van der Waals surface area contributed by atoms with Gasteiger partial charge >= 0.3 is 5.97 Å². The summed E-state index contributed by atoms with van der Waals surface area (Å²) in [5.74, 6) is -0.560. The Morgan fingerprint density at radius 3 is 2.88 bits per heavy atom. The van der Waals surface area contributed by atoms with E-state index in [1.165, 1.54) is 24.5 Å². The van der Waals surface area contributed by atoms with Crippen LogP contribution in [0.25, 0.3) is 6.08 Å². The smallest absolute Gasteiger partial charge is 0.307 e. The van der Waals surface area contributed by atoms with Gasteiger partial charge in [-0.05, 0) is 34.1 Å². The first kappa shape index (κ1) is 13.9. The van der Waals surface area contributed by atoms with E-state index in [0.717, 1.165) is 8.66 Å². The van der Waals surface area contributed by atoms with Crippen molar-refractivity contribution in [1.29, 1.82) is 0 Å². The van der Waals surface area contributed by atoms with Crippen LogP contribution in [0.15, 0.2) is 22.0 Å². The number of nitrogens with one attached hydrogen (secondary N) is 1. The maximum atomic E-state index is 11.3. The third-order valence-electron chi connectivity index (χ3n) is 1.85. The number of hydrogen-bond donors (Lipinski definition) is 1. The van der Waals surface area contributed by atoms with Gasteiger partial charge in [0, 0.05) is 17.5 Å². The molecule has 4 nitrogen and oxygen atoms in total. The zero-order valence-corrected chi connectivity index (χ0v) is 11.6. The minimum absolute atomic E-state index is 0.181. The third-order valence-corrected chi connectivity index (χ3v) is 3.44. The van der Waals surface area contributed by atoms with Gasteiger partial charge in [-0.2, -0.15) is 0 Å². The average Bonchev–Trinajstić information content (AvgIpc) is 2.72. The van der Waals surface area contributed by atoms with Crippen LogP contribution in [0, 0.1) is 0 Å². The maximum absolute atomic E-state index is 11.3. The van der Waals surface area contributed by atoms with Gasteiger partial charge in [0.15, 0.2) is 0 Å².